The number of nitrogens with one attached hydrogen (secondary N) is 1. The predicted octanol–water partition coefficient (Wildman–Crippen LogP) is 23.7. The van der Waals surface area contributed by atoms with E-state index >= 15 is 0 Å². The Morgan fingerprint density at radius 3 is 0.819 bits per heavy atom. The lowest BCUT2D eigenvalue weighted by Gasteiger charge is -2.30. The lowest BCUT2D eigenvalue weighted by Crippen LogP contribution is -2.46. The van der Waals surface area contributed by atoms with Gasteiger partial charge in [-0.2, -0.15) is 0 Å². The zero-order valence-electron chi connectivity index (χ0n) is 57.2. The minimum atomic E-state index is -4.58. The van der Waals surface area contributed by atoms with Crippen molar-refractivity contribution in [2.75, 3.05) is 40.9 Å². The minimum Gasteiger partial charge on any atom is -0.756 e. The van der Waals surface area contributed by atoms with Crippen LogP contribution in [0, 0.1) is 0 Å². The van der Waals surface area contributed by atoms with Crippen LogP contribution < -0.4 is 10.2 Å². The average molecular weight is 1200 g/mol. The monoisotopic (exact) mass is 1200 g/mol. The van der Waals surface area contributed by atoms with Gasteiger partial charge in [0.25, 0.3) is 7.82 Å². The fraction of sp³-hybridized carbons (Fsp3) is 0.986. The highest BCUT2D eigenvalue weighted by Gasteiger charge is 2.24. The molecule has 3 unspecified atom stereocenters. The Bertz CT molecular complexity index is 1310. The summed E-state index contributed by atoms with van der Waals surface area (Å²) in [5, 5.41) is 14.1. The van der Waals surface area contributed by atoms with Crippen molar-refractivity contribution in [2.45, 2.75) is 431 Å². The first-order chi connectivity index (χ1) is 40.5. The van der Waals surface area contributed by atoms with Gasteiger partial charge in [0.2, 0.25) is 5.91 Å². The molecule has 1 amide bonds. The van der Waals surface area contributed by atoms with Crippen LogP contribution in [0.15, 0.2) is 0 Å². The SMILES string of the molecule is CCCCCCCCCCCCCCCCCCCCCCCCCCCCCCCCCCC(=O)NC(COP(=O)([O-])OCC[N+](C)(C)C)C(O)CCCCCCCCCCCCCCCCCCCCCCCCCCCCCCC. The Kier molecular flexibility index (Phi) is 65.5. The highest BCUT2D eigenvalue weighted by molar-refractivity contribution is 7.45. The standard InChI is InChI=1S/C74H151N2O6P/c1-6-8-10-12-14-16-18-20-22-24-26-28-30-32-34-36-37-38-40-42-44-46-48-50-52-54-56-58-60-62-64-66-68-74(78)75-72(71-82-83(79,80)81-70-69-76(3,4)5)73(77)67-65-63-61-59-57-55-53-51-49-47-45-43-41-39-35-33-31-29-27-25-23-21-19-17-15-13-11-9-7-2/h72-73,77H,6-71H2,1-5H3,(H-,75,78,79,80). The van der Waals surface area contributed by atoms with Crippen LogP contribution >= 0.6 is 7.82 Å². The molecule has 0 aliphatic heterocycles. The van der Waals surface area contributed by atoms with E-state index in [4.69, 9.17) is 9.05 Å². The molecule has 9 heteroatoms. The van der Waals surface area contributed by atoms with Crippen LogP contribution in [0.2, 0.25) is 0 Å². The summed E-state index contributed by atoms with van der Waals surface area (Å²) < 4.78 is 23.6. The van der Waals surface area contributed by atoms with Gasteiger partial charge in [-0.25, -0.2) is 0 Å². The number of nitrogens with zero attached hydrogens (tertiary/aromatic N) is 1. The zero-order valence-corrected chi connectivity index (χ0v) is 58.1. The lowest BCUT2D eigenvalue weighted by atomic mass is 10.0. The maximum Gasteiger partial charge on any atom is 0.268 e. The van der Waals surface area contributed by atoms with E-state index in [9.17, 15) is 19.4 Å². The number of likely N-dealkylation sites (N-methyl/N-ethyl adjacent to an activating group) is 1. The van der Waals surface area contributed by atoms with Gasteiger partial charge < -0.3 is 28.8 Å². The van der Waals surface area contributed by atoms with Gasteiger partial charge in [0.15, 0.2) is 0 Å². The van der Waals surface area contributed by atoms with Crippen LogP contribution in [0.5, 0.6) is 0 Å². The summed E-state index contributed by atoms with van der Waals surface area (Å²) in [5.74, 6) is -0.152. The minimum absolute atomic E-state index is 0.0171. The lowest BCUT2D eigenvalue weighted by molar-refractivity contribution is -0.870. The first-order valence-electron chi connectivity index (χ1n) is 37.9. The van der Waals surface area contributed by atoms with Gasteiger partial charge in [0.1, 0.15) is 13.2 Å². The Labute approximate surface area is 520 Å². The number of hydrogen-bond donors (Lipinski definition) is 2. The third kappa shape index (κ3) is 68.8. The van der Waals surface area contributed by atoms with E-state index in [0.717, 1.165) is 38.5 Å². The summed E-state index contributed by atoms with van der Waals surface area (Å²) in [7, 11) is 1.33. The number of carbonyl (C=O) groups is 1. The van der Waals surface area contributed by atoms with Gasteiger partial charge in [0, 0.05) is 6.42 Å². The second-order valence-corrected chi connectivity index (χ2v) is 29.1. The predicted molar refractivity (Wildman–Crippen MR) is 363 cm³/mol. The summed E-state index contributed by atoms with van der Waals surface area (Å²) >= 11 is 0. The van der Waals surface area contributed by atoms with E-state index in [1.54, 1.807) is 0 Å². The van der Waals surface area contributed by atoms with E-state index in [-0.39, 0.29) is 19.1 Å². The Morgan fingerprint density at radius 1 is 0.373 bits per heavy atom. The normalized spacial score (nSPS) is 13.5. The zero-order chi connectivity index (χ0) is 60.5. The van der Waals surface area contributed by atoms with Gasteiger partial charge >= 0.3 is 0 Å². The third-order valence-electron chi connectivity index (χ3n) is 18.1. The van der Waals surface area contributed by atoms with Crippen LogP contribution in [0.25, 0.3) is 0 Å². The summed E-state index contributed by atoms with van der Waals surface area (Å²) in [4.78, 5) is 25.7. The summed E-state index contributed by atoms with van der Waals surface area (Å²) in [5.41, 5.74) is 0. The Balaban J connectivity index is 3.93. The molecule has 0 fully saturated rings. The van der Waals surface area contributed by atoms with Crippen molar-refractivity contribution >= 4 is 13.7 Å². The van der Waals surface area contributed by atoms with Gasteiger partial charge in [-0.3, -0.25) is 9.36 Å². The molecule has 0 saturated carbocycles. The molecule has 0 spiro atoms. The van der Waals surface area contributed by atoms with Crippen molar-refractivity contribution in [1.29, 1.82) is 0 Å². The highest BCUT2D eigenvalue weighted by atomic mass is 31.2. The maximum absolute atomic E-state index is 13.1. The molecule has 3 atom stereocenters. The van der Waals surface area contributed by atoms with E-state index < -0.39 is 20.0 Å². The molecule has 83 heavy (non-hydrogen) atoms. The molecular weight excluding hydrogens is 1040 g/mol. The fourth-order valence-corrected chi connectivity index (χ4v) is 12.9. The fourth-order valence-electron chi connectivity index (χ4n) is 12.2. The average Bonchev–Trinajstić information content (AvgIpc) is 3.49. The molecule has 0 bridgehead atoms. The Morgan fingerprint density at radius 2 is 0.590 bits per heavy atom. The molecular formula is C74H151N2O6P. The first-order valence-corrected chi connectivity index (χ1v) is 39.3. The molecule has 8 nitrogen and oxygen atoms in total. The molecule has 0 aromatic carbocycles. The second-order valence-electron chi connectivity index (χ2n) is 27.7. The van der Waals surface area contributed by atoms with Crippen molar-refractivity contribution in [3.05, 3.63) is 0 Å². The summed E-state index contributed by atoms with van der Waals surface area (Å²) in [6.45, 7) is 4.81. The number of unbranched alkanes of at least 4 members (excludes halogenated alkanes) is 59. The van der Waals surface area contributed by atoms with Crippen LogP contribution in [-0.2, 0) is 18.4 Å². The van der Waals surface area contributed by atoms with Crippen LogP contribution in [0.4, 0.5) is 0 Å². The number of phosphoric acid groups is 1. The van der Waals surface area contributed by atoms with E-state index in [1.807, 2.05) is 21.1 Å². The topological polar surface area (TPSA) is 108 Å². The van der Waals surface area contributed by atoms with Crippen molar-refractivity contribution in [3.8, 4) is 0 Å². The molecule has 0 saturated heterocycles. The van der Waals surface area contributed by atoms with E-state index in [0.29, 0.717) is 23.9 Å². The van der Waals surface area contributed by atoms with Crippen molar-refractivity contribution in [1.82, 2.24) is 5.32 Å². The van der Waals surface area contributed by atoms with Gasteiger partial charge in [-0.1, -0.05) is 399 Å². The number of quaternary nitrogens is 1. The number of amides is 1. The smallest absolute Gasteiger partial charge is 0.268 e. The number of aliphatic hydroxyl groups excluding tert-OH is 1. The molecule has 0 aliphatic carbocycles. The number of aliphatic hydroxyl groups is 1. The number of carbonyl (C=O) groups excluding carboxylic acids is 1. The highest BCUT2D eigenvalue weighted by Crippen LogP contribution is 2.38. The van der Waals surface area contributed by atoms with Crippen LogP contribution in [-0.4, -0.2) is 68.5 Å². The van der Waals surface area contributed by atoms with Gasteiger partial charge in [-0.05, 0) is 12.8 Å². The number of hydrogen-bond acceptors (Lipinski definition) is 6. The van der Waals surface area contributed by atoms with Crippen molar-refractivity contribution < 1.29 is 32.9 Å². The quantitative estimate of drug-likeness (QED) is 0.0357. The van der Waals surface area contributed by atoms with Crippen LogP contribution in [0.1, 0.15) is 418 Å². The summed E-state index contributed by atoms with van der Waals surface area (Å²) in [6, 6.07) is -0.797. The molecule has 0 aromatic heterocycles. The molecule has 498 valence electrons. The number of phosphoric ester groups is 1. The molecule has 0 radical (unpaired) electrons. The van der Waals surface area contributed by atoms with Crippen molar-refractivity contribution in [2.24, 2.45) is 0 Å². The van der Waals surface area contributed by atoms with E-state index in [1.165, 1.54) is 353 Å². The second kappa shape index (κ2) is 65.9. The first kappa shape index (κ1) is 82.5. The van der Waals surface area contributed by atoms with Gasteiger partial charge in [-0.15, -0.1) is 0 Å². The van der Waals surface area contributed by atoms with Crippen LogP contribution in [0.3, 0.4) is 0 Å². The molecule has 0 aliphatic rings. The maximum atomic E-state index is 13.1. The molecule has 0 heterocycles. The number of rotatable bonds is 72. The Hall–Kier alpha value is -0.500. The van der Waals surface area contributed by atoms with Gasteiger partial charge in [0.05, 0.1) is 39.9 Å². The van der Waals surface area contributed by atoms with E-state index in [2.05, 4.69) is 19.2 Å². The largest absolute Gasteiger partial charge is 0.756 e. The van der Waals surface area contributed by atoms with Crippen molar-refractivity contribution in [3.63, 3.8) is 0 Å². The third-order valence-corrected chi connectivity index (χ3v) is 19.1. The summed E-state index contributed by atoms with van der Waals surface area (Å²) in [6.07, 6.45) is 83.5. The molecule has 0 rings (SSSR count). The molecule has 2 N–H and O–H groups in total. The molecule has 0 aromatic rings.